The molecular weight excluding hydrogens is 154 g/mol. The molecule has 0 aromatic heterocycles. The van der Waals surface area contributed by atoms with Gasteiger partial charge in [0.1, 0.15) is 0 Å². The third kappa shape index (κ3) is 106. The Morgan fingerprint density at radius 2 is 1.60 bits per heavy atom. The van der Waals surface area contributed by atoms with Crippen molar-refractivity contribution in [3.05, 3.63) is 0 Å². The lowest BCUT2D eigenvalue weighted by molar-refractivity contribution is 0.490. The molecule has 0 saturated carbocycles. The Morgan fingerprint density at radius 1 is 1.50 bits per heavy atom. The predicted octanol–water partition coefficient (Wildman–Crippen LogP) is 0.105. The van der Waals surface area contributed by atoms with Crippen molar-refractivity contribution in [2.24, 2.45) is 11.7 Å². The van der Waals surface area contributed by atoms with Crippen LogP contribution in [0.15, 0.2) is 0 Å². The lowest BCUT2D eigenvalue weighted by Gasteiger charge is -1.91. The van der Waals surface area contributed by atoms with Crippen LogP contribution < -0.4 is 5.73 Å². The van der Waals surface area contributed by atoms with Crippen LogP contribution in [-0.2, 0) is 10.1 Å². The molecule has 0 bridgehead atoms. The second kappa shape index (κ2) is 5.64. The normalized spacial score (nSPS) is 10.6. The van der Waals surface area contributed by atoms with E-state index in [0.717, 1.165) is 6.54 Å². The fraction of sp³-hybridized carbons (Fsp3) is 1.00. The van der Waals surface area contributed by atoms with Crippen LogP contribution in [0, 0.1) is 5.92 Å². The monoisotopic (exact) mass is 169 g/mol. The second-order valence-electron chi connectivity index (χ2n) is 2.36. The highest BCUT2D eigenvalue weighted by Crippen LogP contribution is 1.81. The Hall–Kier alpha value is -0.130. The molecule has 0 spiro atoms. The van der Waals surface area contributed by atoms with Crippen molar-refractivity contribution in [2.75, 3.05) is 12.8 Å². The van der Waals surface area contributed by atoms with E-state index in [1.165, 1.54) is 0 Å². The van der Waals surface area contributed by atoms with Crippen LogP contribution in [0.25, 0.3) is 0 Å². The van der Waals surface area contributed by atoms with Gasteiger partial charge in [0.05, 0.1) is 6.26 Å². The lowest BCUT2D eigenvalue weighted by Crippen LogP contribution is -2.05. The van der Waals surface area contributed by atoms with Crippen LogP contribution >= 0.6 is 0 Å². The average molecular weight is 169 g/mol. The molecular formula is C5H15NO3S. The van der Waals surface area contributed by atoms with Gasteiger partial charge in [-0.1, -0.05) is 13.8 Å². The van der Waals surface area contributed by atoms with Gasteiger partial charge in [0, 0.05) is 0 Å². The molecule has 4 nitrogen and oxygen atoms in total. The SMILES string of the molecule is CC(C)CN.CS(=O)(=O)O. The zero-order valence-corrected chi connectivity index (χ0v) is 7.35. The molecule has 0 saturated heterocycles. The number of nitrogens with two attached hydrogens (primary N) is 1. The van der Waals surface area contributed by atoms with Crippen molar-refractivity contribution in [2.45, 2.75) is 13.8 Å². The largest absolute Gasteiger partial charge is 0.330 e. The van der Waals surface area contributed by atoms with Crippen LogP contribution in [0.4, 0.5) is 0 Å². The Kier molecular flexibility index (Phi) is 7.07. The Labute approximate surface area is 62.2 Å². The predicted molar refractivity (Wildman–Crippen MR) is 41.4 cm³/mol. The number of rotatable bonds is 1. The van der Waals surface area contributed by atoms with Gasteiger partial charge >= 0.3 is 0 Å². The summed E-state index contributed by atoms with van der Waals surface area (Å²) >= 11 is 0. The Bertz CT molecular complexity index is 142. The first-order chi connectivity index (χ1) is 4.27. The van der Waals surface area contributed by atoms with Crippen molar-refractivity contribution in [1.29, 1.82) is 0 Å². The first-order valence-electron chi connectivity index (χ1n) is 2.90. The second-order valence-corrected chi connectivity index (χ2v) is 3.83. The van der Waals surface area contributed by atoms with Gasteiger partial charge in [0.25, 0.3) is 10.1 Å². The van der Waals surface area contributed by atoms with Crippen LogP contribution in [0.2, 0.25) is 0 Å². The summed E-state index contributed by atoms with van der Waals surface area (Å²) in [4.78, 5) is 0. The average Bonchev–Trinajstić information content (AvgIpc) is 1.61. The fourth-order valence-corrected chi connectivity index (χ4v) is 0. The smallest absolute Gasteiger partial charge is 0.261 e. The highest BCUT2D eigenvalue weighted by atomic mass is 32.2. The van der Waals surface area contributed by atoms with Crippen LogP contribution in [-0.4, -0.2) is 25.8 Å². The first-order valence-corrected chi connectivity index (χ1v) is 4.74. The lowest BCUT2D eigenvalue weighted by atomic mass is 10.2. The van der Waals surface area contributed by atoms with E-state index < -0.39 is 10.1 Å². The molecule has 0 rings (SSSR count). The van der Waals surface area contributed by atoms with Crippen LogP contribution in [0.3, 0.4) is 0 Å². The molecule has 0 radical (unpaired) electrons. The van der Waals surface area contributed by atoms with E-state index in [9.17, 15) is 8.42 Å². The third-order valence-electron chi connectivity index (χ3n) is 0.471. The van der Waals surface area contributed by atoms with E-state index >= 15 is 0 Å². The van der Waals surface area contributed by atoms with Gasteiger partial charge in [-0.25, -0.2) is 0 Å². The van der Waals surface area contributed by atoms with E-state index in [1.54, 1.807) is 0 Å². The zero-order chi connectivity index (χ0) is 8.78. The molecule has 0 aliphatic heterocycles. The molecule has 0 fully saturated rings. The van der Waals surface area contributed by atoms with Crippen molar-refractivity contribution in [1.82, 2.24) is 0 Å². The van der Waals surface area contributed by atoms with Crippen LogP contribution in [0.5, 0.6) is 0 Å². The van der Waals surface area contributed by atoms with E-state index in [0.29, 0.717) is 12.2 Å². The minimum absolute atomic E-state index is 0.662. The van der Waals surface area contributed by atoms with Crippen molar-refractivity contribution >= 4 is 10.1 Å². The number of hydrogen-bond acceptors (Lipinski definition) is 3. The Morgan fingerprint density at radius 3 is 1.60 bits per heavy atom. The van der Waals surface area contributed by atoms with E-state index in [4.69, 9.17) is 10.3 Å². The molecule has 10 heavy (non-hydrogen) atoms. The molecule has 0 unspecified atom stereocenters. The van der Waals surface area contributed by atoms with Gasteiger partial charge in [0.15, 0.2) is 0 Å². The molecule has 3 N–H and O–H groups in total. The van der Waals surface area contributed by atoms with Gasteiger partial charge in [0.2, 0.25) is 0 Å². The maximum Gasteiger partial charge on any atom is 0.261 e. The van der Waals surface area contributed by atoms with Crippen LogP contribution in [0.1, 0.15) is 13.8 Å². The van der Waals surface area contributed by atoms with Crippen molar-refractivity contribution in [3.8, 4) is 0 Å². The van der Waals surface area contributed by atoms with Gasteiger partial charge in [-0.15, -0.1) is 0 Å². The summed E-state index contributed by atoms with van der Waals surface area (Å²) in [6, 6.07) is 0. The Balaban J connectivity index is 0. The molecule has 0 aromatic carbocycles. The maximum absolute atomic E-state index is 9.19. The zero-order valence-electron chi connectivity index (χ0n) is 6.53. The molecule has 0 heterocycles. The number of hydrogen-bond donors (Lipinski definition) is 2. The van der Waals surface area contributed by atoms with E-state index in [-0.39, 0.29) is 0 Å². The maximum atomic E-state index is 9.19. The quantitative estimate of drug-likeness (QED) is 0.546. The van der Waals surface area contributed by atoms with Crippen molar-refractivity contribution in [3.63, 3.8) is 0 Å². The highest BCUT2D eigenvalue weighted by molar-refractivity contribution is 7.85. The first kappa shape index (κ1) is 12.5. The van der Waals surface area contributed by atoms with Gasteiger partial charge in [-0.2, -0.15) is 8.42 Å². The molecule has 0 amide bonds. The summed E-state index contributed by atoms with van der Waals surface area (Å²) in [6.07, 6.45) is 0.715. The van der Waals surface area contributed by atoms with Crippen molar-refractivity contribution < 1.29 is 13.0 Å². The third-order valence-corrected chi connectivity index (χ3v) is 0.471. The molecule has 64 valence electrons. The van der Waals surface area contributed by atoms with E-state index in [1.807, 2.05) is 0 Å². The summed E-state index contributed by atoms with van der Waals surface area (Å²) in [7, 11) is -3.67. The summed E-state index contributed by atoms with van der Waals surface area (Å²) in [5, 5.41) is 0. The van der Waals surface area contributed by atoms with Gasteiger partial charge < -0.3 is 5.73 Å². The van der Waals surface area contributed by atoms with Gasteiger partial charge in [-0.05, 0) is 12.5 Å². The molecule has 5 heteroatoms. The molecule has 0 aliphatic rings. The highest BCUT2D eigenvalue weighted by Gasteiger charge is 1.81. The standard InChI is InChI=1S/C4H11N.CH4O3S/c1-4(2)3-5;1-5(2,3)4/h4H,3,5H2,1-2H3;1H3,(H,2,3,4). The fourth-order valence-electron chi connectivity index (χ4n) is 0. The minimum Gasteiger partial charge on any atom is -0.330 e. The molecule has 0 atom stereocenters. The van der Waals surface area contributed by atoms with E-state index in [2.05, 4.69) is 13.8 Å². The molecule has 0 aromatic rings. The summed E-state index contributed by atoms with van der Waals surface area (Å²) in [6.45, 7) is 5.00. The summed E-state index contributed by atoms with van der Waals surface area (Å²) in [5.74, 6) is 0.662. The van der Waals surface area contributed by atoms with Gasteiger partial charge in [-0.3, -0.25) is 4.55 Å². The minimum atomic E-state index is -3.67. The summed E-state index contributed by atoms with van der Waals surface area (Å²) < 4.78 is 25.9. The topological polar surface area (TPSA) is 80.4 Å². The molecule has 0 aliphatic carbocycles. The summed E-state index contributed by atoms with van der Waals surface area (Å²) in [5.41, 5.74) is 5.17.